The van der Waals surface area contributed by atoms with Crippen LogP contribution in [0.4, 0.5) is 0 Å². The third-order valence-corrected chi connectivity index (χ3v) is 3.76. The normalized spacial score (nSPS) is 23.6. The molecule has 94 valence electrons. The minimum Gasteiger partial charge on any atom is -0.323 e. The summed E-state index contributed by atoms with van der Waals surface area (Å²) >= 11 is 0. The summed E-state index contributed by atoms with van der Waals surface area (Å²) in [5, 5.41) is 3.43. The number of likely N-dealkylation sites (N-methyl/N-ethyl adjacent to an activating group) is 1. The molecule has 2 atom stereocenters. The zero-order chi connectivity index (χ0) is 12.4. The van der Waals surface area contributed by atoms with Gasteiger partial charge in [0, 0.05) is 31.7 Å². The van der Waals surface area contributed by atoms with Gasteiger partial charge in [0.15, 0.2) is 0 Å². The van der Waals surface area contributed by atoms with Gasteiger partial charge in [-0.2, -0.15) is 0 Å². The minimum absolute atomic E-state index is 0.0911. The van der Waals surface area contributed by atoms with Gasteiger partial charge < -0.3 is 11.1 Å². The van der Waals surface area contributed by atoms with Crippen LogP contribution in [0.5, 0.6) is 0 Å². The Morgan fingerprint density at radius 1 is 1.41 bits per heavy atom. The topological polar surface area (TPSA) is 41.3 Å². The average Bonchev–Trinajstić information content (AvgIpc) is 2.29. The van der Waals surface area contributed by atoms with Crippen LogP contribution in [0, 0.1) is 13.8 Å². The molecule has 3 heteroatoms. The van der Waals surface area contributed by atoms with Gasteiger partial charge in [-0.15, -0.1) is 0 Å². The molecule has 17 heavy (non-hydrogen) atoms. The largest absolute Gasteiger partial charge is 0.323 e. The van der Waals surface area contributed by atoms with E-state index in [1.807, 2.05) is 0 Å². The molecular formula is C14H23N3. The van der Waals surface area contributed by atoms with E-state index >= 15 is 0 Å². The number of hydrogen-bond donors (Lipinski definition) is 2. The van der Waals surface area contributed by atoms with Crippen molar-refractivity contribution < 1.29 is 0 Å². The van der Waals surface area contributed by atoms with Gasteiger partial charge in [-0.25, -0.2) is 0 Å². The molecule has 0 bridgehead atoms. The Morgan fingerprint density at radius 3 is 2.82 bits per heavy atom. The fraction of sp³-hybridized carbons (Fsp3) is 0.571. The maximum atomic E-state index is 6.43. The van der Waals surface area contributed by atoms with Crippen LogP contribution in [0.25, 0.3) is 0 Å². The monoisotopic (exact) mass is 233 g/mol. The van der Waals surface area contributed by atoms with Crippen LogP contribution in [-0.4, -0.2) is 37.6 Å². The van der Waals surface area contributed by atoms with E-state index in [2.05, 4.69) is 49.3 Å². The standard InChI is InChI=1S/C14H23N3/c1-10-4-5-12(11(2)8-10)14(15)13-9-16-6-7-17(13)3/h4-5,8,13-14,16H,6-7,9,15H2,1-3H3. The number of nitrogens with two attached hydrogens (primary N) is 1. The van der Waals surface area contributed by atoms with Gasteiger partial charge in [0.25, 0.3) is 0 Å². The molecule has 0 saturated carbocycles. The van der Waals surface area contributed by atoms with E-state index in [1.165, 1.54) is 16.7 Å². The van der Waals surface area contributed by atoms with Crippen molar-refractivity contribution in [3.8, 4) is 0 Å². The molecule has 3 N–H and O–H groups in total. The van der Waals surface area contributed by atoms with E-state index in [1.54, 1.807) is 0 Å². The molecule has 0 amide bonds. The van der Waals surface area contributed by atoms with Crippen molar-refractivity contribution in [1.82, 2.24) is 10.2 Å². The summed E-state index contributed by atoms with van der Waals surface area (Å²) in [6.45, 7) is 7.38. The summed E-state index contributed by atoms with van der Waals surface area (Å²) in [5.41, 5.74) is 10.3. The molecule has 0 radical (unpaired) electrons. The Labute approximate surface area is 104 Å². The van der Waals surface area contributed by atoms with E-state index in [0.29, 0.717) is 6.04 Å². The van der Waals surface area contributed by atoms with Crippen LogP contribution in [0.1, 0.15) is 22.7 Å². The summed E-state index contributed by atoms with van der Waals surface area (Å²) in [7, 11) is 2.16. The third kappa shape index (κ3) is 2.68. The van der Waals surface area contributed by atoms with Gasteiger partial charge in [-0.3, -0.25) is 4.90 Å². The Hall–Kier alpha value is -0.900. The van der Waals surface area contributed by atoms with E-state index in [0.717, 1.165) is 19.6 Å². The zero-order valence-corrected chi connectivity index (χ0v) is 11.0. The van der Waals surface area contributed by atoms with Gasteiger partial charge in [0.1, 0.15) is 0 Å². The molecule has 1 aromatic carbocycles. The maximum absolute atomic E-state index is 6.43. The van der Waals surface area contributed by atoms with E-state index < -0.39 is 0 Å². The highest BCUT2D eigenvalue weighted by molar-refractivity contribution is 5.33. The smallest absolute Gasteiger partial charge is 0.0468 e. The highest BCUT2D eigenvalue weighted by Crippen LogP contribution is 2.22. The van der Waals surface area contributed by atoms with Gasteiger partial charge in [-0.1, -0.05) is 23.8 Å². The van der Waals surface area contributed by atoms with Crippen LogP contribution in [0.2, 0.25) is 0 Å². The first-order valence-corrected chi connectivity index (χ1v) is 6.33. The van der Waals surface area contributed by atoms with Crippen molar-refractivity contribution >= 4 is 0 Å². The van der Waals surface area contributed by atoms with Crippen LogP contribution in [-0.2, 0) is 0 Å². The number of benzene rings is 1. The molecule has 3 nitrogen and oxygen atoms in total. The predicted molar refractivity (Wildman–Crippen MR) is 72.1 cm³/mol. The molecule has 2 rings (SSSR count). The fourth-order valence-corrected chi connectivity index (χ4v) is 2.64. The highest BCUT2D eigenvalue weighted by Gasteiger charge is 2.26. The fourth-order valence-electron chi connectivity index (χ4n) is 2.64. The van der Waals surface area contributed by atoms with E-state index in [4.69, 9.17) is 5.73 Å². The first-order valence-electron chi connectivity index (χ1n) is 6.33. The lowest BCUT2D eigenvalue weighted by Crippen LogP contribution is -2.53. The number of nitrogens with zero attached hydrogens (tertiary/aromatic N) is 1. The lowest BCUT2D eigenvalue weighted by Gasteiger charge is -2.37. The molecule has 0 aromatic heterocycles. The second-order valence-corrected chi connectivity index (χ2v) is 5.14. The molecule has 0 spiro atoms. The van der Waals surface area contributed by atoms with Gasteiger partial charge in [0.2, 0.25) is 0 Å². The summed E-state index contributed by atoms with van der Waals surface area (Å²) in [6.07, 6.45) is 0. The van der Waals surface area contributed by atoms with Gasteiger partial charge >= 0.3 is 0 Å². The van der Waals surface area contributed by atoms with Crippen molar-refractivity contribution in [2.75, 3.05) is 26.7 Å². The number of rotatable bonds is 2. The van der Waals surface area contributed by atoms with Crippen LogP contribution in [0.3, 0.4) is 0 Å². The number of nitrogens with one attached hydrogen (secondary N) is 1. The van der Waals surface area contributed by atoms with Gasteiger partial charge in [-0.05, 0) is 32.0 Å². The summed E-state index contributed by atoms with van der Waals surface area (Å²) < 4.78 is 0. The molecule has 1 fully saturated rings. The van der Waals surface area contributed by atoms with Crippen molar-refractivity contribution in [1.29, 1.82) is 0 Å². The first-order chi connectivity index (χ1) is 8.09. The molecule has 1 aliphatic heterocycles. The Bertz CT molecular complexity index is 389. The summed E-state index contributed by atoms with van der Waals surface area (Å²) in [6, 6.07) is 7.03. The molecule has 1 aromatic rings. The predicted octanol–water partition coefficient (Wildman–Crippen LogP) is 1.21. The lowest BCUT2D eigenvalue weighted by molar-refractivity contribution is 0.174. The Balaban J connectivity index is 2.20. The molecular weight excluding hydrogens is 210 g/mol. The molecule has 1 heterocycles. The number of piperazine rings is 1. The molecule has 0 aliphatic carbocycles. The molecule has 1 aliphatic rings. The van der Waals surface area contributed by atoms with E-state index in [-0.39, 0.29) is 6.04 Å². The summed E-state index contributed by atoms with van der Waals surface area (Å²) in [4.78, 5) is 2.36. The maximum Gasteiger partial charge on any atom is 0.0468 e. The second-order valence-electron chi connectivity index (χ2n) is 5.14. The quantitative estimate of drug-likeness (QED) is 0.806. The first kappa shape index (κ1) is 12.6. The third-order valence-electron chi connectivity index (χ3n) is 3.76. The van der Waals surface area contributed by atoms with Crippen molar-refractivity contribution in [2.24, 2.45) is 5.73 Å². The van der Waals surface area contributed by atoms with Crippen molar-refractivity contribution in [2.45, 2.75) is 25.9 Å². The number of aryl methyl sites for hydroxylation is 2. The second kappa shape index (κ2) is 5.17. The van der Waals surface area contributed by atoms with Crippen molar-refractivity contribution in [3.05, 3.63) is 34.9 Å². The van der Waals surface area contributed by atoms with Crippen LogP contribution in [0.15, 0.2) is 18.2 Å². The minimum atomic E-state index is 0.0911. The van der Waals surface area contributed by atoms with Gasteiger partial charge in [0.05, 0.1) is 0 Å². The zero-order valence-electron chi connectivity index (χ0n) is 11.0. The van der Waals surface area contributed by atoms with E-state index in [9.17, 15) is 0 Å². The lowest BCUT2D eigenvalue weighted by atomic mass is 9.93. The summed E-state index contributed by atoms with van der Waals surface area (Å²) in [5.74, 6) is 0. The SMILES string of the molecule is Cc1ccc(C(N)C2CNCCN2C)c(C)c1. The average molecular weight is 233 g/mol. The number of hydrogen-bond acceptors (Lipinski definition) is 3. The van der Waals surface area contributed by atoms with Crippen LogP contribution >= 0.6 is 0 Å². The van der Waals surface area contributed by atoms with Crippen LogP contribution < -0.4 is 11.1 Å². The Kier molecular flexibility index (Phi) is 3.82. The van der Waals surface area contributed by atoms with Crippen molar-refractivity contribution in [3.63, 3.8) is 0 Å². The molecule has 2 unspecified atom stereocenters. The molecule has 1 saturated heterocycles. The Morgan fingerprint density at radius 2 is 2.18 bits per heavy atom. The highest BCUT2D eigenvalue weighted by atomic mass is 15.2.